The van der Waals surface area contributed by atoms with E-state index in [4.69, 9.17) is 15.8 Å². The Morgan fingerprint density at radius 3 is 2.62 bits per heavy atom. The molecule has 1 aliphatic rings. The Labute approximate surface area is 143 Å². The second-order valence-corrected chi connectivity index (χ2v) is 7.89. The van der Waals surface area contributed by atoms with E-state index < -0.39 is 23.4 Å². The van der Waals surface area contributed by atoms with E-state index in [0.717, 1.165) is 0 Å². The third-order valence-corrected chi connectivity index (χ3v) is 6.16. The Balaban J connectivity index is 2.74. The second kappa shape index (κ2) is 10.4. The summed E-state index contributed by atoms with van der Waals surface area (Å²) < 4.78 is 28.1. The highest BCUT2D eigenvalue weighted by molar-refractivity contribution is 7.86. The van der Waals surface area contributed by atoms with Crippen LogP contribution in [0.5, 0.6) is 0 Å². The van der Waals surface area contributed by atoms with Gasteiger partial charge in [0.1, 0.15) is 6.04 Å². The molecule has 140 valence electrons. The lowest BCUT2D eigenvalue weighted by Crippen LogP contribution is -2.47. The molecule has 0 bridgehead atoms. The zero-order valence-corrected chi connectivity index (χ0v) is 14.9. The summed E-state index contributed by atoms with van der Waals surface area (Å²) in [5.74, 6) is -0.208. The zero-order chi connectivity index (χ0) is 18.2. The minimum atomic E-state index is -3.70. The first-order chi connectivity index (χ1) is 11.4. The van der Waals surface area contributed by atoms with E-state index in [1.807, 2.05) is 0 Å². The number of hydrogen-bond donors (Lipinski definition) is 4. The van der Waals surface area contributed by atoms with Crippen LogP contribution >= 0.6 is 0 Å². The molecule has 24 heavy (non-hydrogen) atoms. The van der Waals surface area contributed by atoms with Gasteiger partial charge in [-0.05, 0) is 25.7 Å². The number of nitroso groups, excluding NO2 is 1. The normalized spacial score (nSPS) is 22.2. The van der Waals surface area contributed by atoms with Crippen LogP contribution in [0.25, 0.3) is 0 Å². The Kier molecular flexibility index (Phi) is 9.27. The van der Waals surface area contributed by atoms with Gasteiger partial charge in [-0.3, -0.25) is 0 Å². The van der Waals surface area contributed by atoms with Crippen molar-refractivity contribution >= 4 is 17.3 Å². The van der Waals surface area contributed by atoms with Gasteiger partial charge in [0.05, 0.1) is 0 Å². The molecular formula is C12H28BN5O5S. The van der Waals surface area contributed by atoms with Gasteiger partial charge in [0.15, 0.2) is 0 Å². The van der Waals surface area contributed by atoms with Crippen LogP contribution in [-0.2, 0) is 10.2 Å². The highest BCUT2D eigenvalue weighted by atomic mass is 32.2. The standard InChI is InChI=1S/C12H28BN5O5S/c1-15-6-8-17(7-5-14)24(22,23)18-9-11(12(10-18)16-21)3-2-4-13(19)20/h11-12,15,19-20H,2-10,14H2,1H3/t11-,12-/m0/s1. The molecule has 1 fully saturated rings. The average molecular weight is 365 g/mol. The van der Waals surface area contributed by atoms with Crippen LogP contribution in [0.4, 0.5) is 0 Å². The molecule has 2 atom stereocenters. The Hall–Kier alpha value is -0.625. The molecule has 12 heteroatoms. The number of nitrogens with two attached hydrogens (primary N) is 1. The van der Waals surface area contributed by atoms with Crippen molar-refractivity contribution in [3.8, 4) is 0 Å². The first-order valence-corrected chi connectivity index (χ1v) is 9.55. The van der Waals surface area contributed by atoms with Crippen molar-refractivity contribution in [1.82, 2.24) is 13.9 Å². The molecule has 0 aromatic rings. The predicted molar refractivity (Wildman–Crippen MR) is 92.4 cm³/mol. The van der Waals surface area contributed by atoms with Crippen molar-refractivity contribution in [2.45, 2.75) is 25.2 Å². The van der Waals surface area contributed by atoms with E-state index in [1.165, 1.54) is 8.61 Å². The fourth-order valence-corrected chi connectivity index (χ4v) is 4.56. The van der Waals surface area contributed by atoms with E-state index in [-0.39, 0.29) is 38.4 Å². The summed E-state index contributed by atoms with van der Waals surface area (Å²) in [6.45, 7) is 1.48. The van der Waals surface area contributed by atoms with Gasteiger partial charge in [-0.2, -0.15) is 21.9 Å². The third kappa shape index (κ3) is 6.03. The number of rotatable bonds is 12. The summed E-state index contributed by atoms with van der Waals surface area (Å²) in [6.07, 6.45) is 1.21. The van der Waals surface area contributed by atoms with Crippen LogP contribution in [-0.4, -0.2) is 86.6 Å². The molecule has 1 aliphatic heterocycles. The van der Waals surface area contributed by atoms with Crippen molar-refractivity contribution < 1.29 is 18.5 Å². The average Bonchev–Trinajstić information content (AvgIpc) is 2.95. The summed E-state index contributed by atoms with van der Waals surface area (Å²) in [5.41, 5.74) is 5.51. The molecule has 1 heterocycles. The summed E-state index contributed by atoms with van der Waals surface area (Å²) >= 11 is 0. The molecule has 0 amide bonds. The summed E-state index contributed by atoms with van der Waals surface area (Å²) in [7, 11) is -3.36. The second-order valence-electron chi connectivity index (χ2n) is 5.96. The zero-order valence-electron chi connectivity index (χ0n) is 14.0. The highest BCUT2D eigenvalue weighted by Crippen LogP contribution is 2.28. The molecule has 0 aromatic carbocycles. The van der Waals surface area contributed by atoms with Gasteiger partial charge in [-0.15, -0.1) is 0 Å². The van der Waals surface area contributed by atoms with Gasteiger partial charge in [0.2, 0.25) is 0 Å². The van der Waals surface area contributed by atoms with Crippen molar-refractivity contribution in [2.75, 3.05) is 46.3 Å². The van der Waals surface area contributed by atoms with Crippen molar-refractivity contribution in [3.63, 3.8) is 0 Å². The van der Waals surface area contributed by atoms with E-state index >= 15 is 0 Å². The van der Waals surface area contributed by atoms with Gasteiger partial charge < -0.3 is 21.1 Å². The van der Waals surface area contributed by atoms with Crippen LogP contribution < -0.4 is 11.1 Å². The quantitative estimate of drug-likeness (QED) is 0.232. The van der Waals surface area contributed by atoms with Gasteiger partial charge >= 0.3 is 7.12 Å². The van der Waals surface area contributed by atoms with Crippen molar-refractivity contribution in [2.24, 2.45) is 16.8 Å². The maximum Gasteiger partial charge on any atom is 0.451 e. The molecule has 1 rings (SSSR count). The van der Waals surface area contributed by atoms with Crippen molar-refractivity contribution in [1.29, 1.82) is 0 Å². The van der Waals surface area contributed by atoms with Crippen LogP contribution in [0.15, 0.2) is 5.18 Å². The summed E-state index contributed by atoms with van der Waals surface area (Å²) in [6, 6.07) is -0.611. The fraction of sp³-hybridized carbons (Fsp3) is 1.00. The first kappa shape index (κ1) is 21.4. The van der Waals surface area contributed by atoms with Gasteiger partial charge in [0.25, 0.3) is 10.2 Å². The van der Waals surface area contributed by atoms with Crippen LogP contribution in [0.3, 0.4) is 0 Å². The molecule has 5 N–H and O–H groups in total. The van der Waals surface area contributed by atoms with E-state index in [2.05, 4.69) is 10.5 Å². The third-order valence-electron chi connectivity index (χ3n) is 4.19. The van der Waals surface area contributed by atoms with Crippen LogP contribution in [0.2, 0.25) is 6.32 Å². The summed E-state index contributed by atoms with van der Waals surface area (Å²) in [5, 5.41) is 23.7. The topological polar surface area (TPSA) is 149 Å². The molecule has 0 spiro atoms. The van der Waals surface area contributed by atoms with Gasteiger partial charge in [0, 0.05) is 39.3 Å². The minimum absolute atomic E-state index is 0.0544. The van der Waals surface area contributed by atoms with Crippen molar-refractivity contribution in [3.05, 3.63) is 4.91 Å². The molecule has 10 nitrogen and oxygen atoms in total. The number of likely N-dealkylation sites (N-methyl/N-ethyl adjacent to an activating group) is 1. The molecule has 0 saturated carbocycles. The lowest BCUT2D eigenvalue weighted by molar-refractivity contribution is 0.355. The maximum absolute atomic E-state index is 12.8. The molecule has 0 aliphatic carbocycles. The molecule has 0 aromatic heterocycles. The highest BCUT2D eigenvalue weighted by Gasteiger charge is 2.41. The van der Waals surface area contributed by atoms with E-state index in [1.54, 1.807) is 7.05 Å². The fourth-order valence-electron chi connectivity index (χ4n) is 2.86. The van der Waals surface area contributed by atoms with Gasteiger partial charge in [-0.1, -0.05) is 11.6 Å². The smallest absolute Gasteiger partial charge is 0.427 e. The largest absolute Gasteiger partial charge is 0.451 e. The Morgan fingerprint density at radius 2 is 2.08 bits per heavy atom. The van der Waals surface area contributed by atoms with E-state index in [0.29, 0.717) is 25.9 Å². The first-order valence-electron chi connectivity index (χ1n) is 8.15. The van der Waals surface area contributed by atoms with Crippen LogP contribution in [0.1, 0.15) is 12.8 Å². The summed E-state index contributed by atoms with van der Waals surface area (Å²) in [4.78, 5) is 11.0. The van der Waals surface area contributed by atoms with Crippen LogP contribution in [0, 0.1) is 10.8 Å². The lowest BCUT2D eigenvalue weighted by Gasteiger charge is -2.27. The predicted octanol–water partition coefficient (Wildman–Crippen LogP) is -1.97. The molecule has 0 unspecified atom stereocenters. The molecule has 0 radical (unpaired) electrons. The minimum Gasteiger partial charge on any atom is -0.427 e. The Bertz CT molecular complexity index is 480. The molecular weight excluding hydrogens is 337 g/mol. The number of nitrogens with one attached hydrogen (secondary N) is 1. The lowest BCUT2D eigenvalue weighted by atomic mass is 9.82. The van der Waals surface area contributed by atoms with Gasteiger partial charge in [-0.25, -0.2) is 0 Å². The number of nitrogens with zero attached hydrogens (tertiary/aromatic N) is 3. The number of hydrogen-bond acceptors (Lipinski definition) is 8. The Morgan fingerprint density at radius 1 is 1.38 bits per heavy atom. The SMILES string of the molecule is CNCCN(CCN)S(=O)(=O)N1C[C@H](CCCB(O)O)[C@@H](N=O)C1. The molecule has 1 saturated heterocycles. The monoisotopic (exact) mass is 365 g/mol. The maximum atomic E-state index is 12.8. The van der Waals surface area contributed by atoms with E-state index in [9.17, 15) is 13.3 Å².